The van der Waals surface area contributed by atoms with Gasteiger partial charge < -0.3 is 15.2 Å². The Morgan fingerprint density at radius 1 is 1.15 bits per heavy atom. The van der Waals surface area contributed by atoms with Crippen LogP contribution >= 0.6 is 0 Å². The van der Waals surface area contributed by atoms with Gasteiger partial charge in [0.2, 0.25) is 5.91 Å². The Morgan fingerprint density at radius 3 is 2.63 bits per heavy atom. The van der Waals surface area contributed by atoms with Crippen LogP contribution in [0, 0.1) is 5.92 Å². The number of fused-ring (bicyclic) bond motifs is 1. The normalized spacial score (nSPS) is 21.3. The second-order valence-electron chi connectivity index (χ2n) is 8.14. The number of carbonyl (C=O) groups excluding carboxylic acids is 2. The van der Waals surface area contributed by atoms with E-state index in [0.717, 1.165) is 57.3 Å². The molecule has 0 radical (unpaired) electrons. The number of carbonyl (C=O) groups is 2. The molecule has 3 fully saturated rings. The van der Waals surface area contributed by atoms with Crippen LogP contribution in [0.1, 0.15) is 66.9 Å². The van der Waals surface area contributed by atoms with Gasteiger partial charge in [-0.25, -0.2) is 9.97 Å². The number of nitrogens with zero attached hydrogens (tertiary/aromatic N) is 3. The van der Waals surface area contributed by atoms with E-state index in [1.165, 1.54) is 6.42 Å². The average molecular weight is 367 g/mol. The fraction of sp³-hybridized carbons (Fsp3) is 0.600. The molecule has 0 spiro atoms. The Labute approximate surface area is 157 Å². The van der Waals surface area contributed by atoms with Crippen molar-refractivity contribution in [1.82, 2.24) is 25.2 Å². The number of hydrogen-bond acceptors (Lipinski definition) is 4. The maximum Gasteiger partial charge on any atom is 0.255 e. The molecule has 3 heterocycles. The fourth-order valence-corrected chi connectivity index (χ4v) is 3.99. The lowest BCUT2D eigenvalue weighted by Gasteiger charge is -2.30. The standard InChI is InChI=1S/C20H25N5O2/c26-19(14-10-21-18-17(14)23-15(11-22-18)12-4-5-12)24-16(13-6-7-13)20(27)25-8-2-1-3-9-25/h10-13,16H,1-9H2,(H,21,22)(H,24,26)/t16-/m1/s1. The Hall–Kier alpha value is -2.44. The minimum atomic E-state index is -0.417. The van der Waals surface area contributed by atoms with Gasteiger partial charge >= 0.3 is 0 Å². The van der Waals surface area contributed by atoms with Crippen molar-refractivity contribution in [3.8, 4) is 0 Å². The number of rotatable bonds is 5. The lowest BCUT2D eigenvalue weighted by atomic mass is 10.1. The van der Waals surface area contributed by atoms with Gasteiger partial charge in [0, 0.05) is 25.2 Å². The highest BCUT2D eigenvalue weighted by Crippen LogP contribution is 2.39. The zero-order chi connectivity index (χ0) is 18.4. The van der Waals surface area contributed by atoms with Gasteiger partial charge in [-0.3, -0.25) is 9.59 Å². The van der Waals surface area contributed by atoms with Crippen LogP contribution in [0.3, 0.4) is 0 Å². The van der Waals surface area contributed by atoms with Gasteiger partial charge in [0.05, 0.1) is 17.5 Å². The number of aromatic nitrogens is 3. The minimum absolute atomic E-state index is 0.0788. The van der Waals surface area contributed by atoms with Crippen LogP contribution in [0.15, 0.2) is 12.4 Å². The summed E-state index contributed by atoms with van der Waals surface area (Å²) >= 11 is 0. The molecular formula is C20H25N5O2. The van der Waals surface area contributed by atoms with E-state index >= 15 is 0 Å². The van der Waals surface area contributed by atoms with E-state index in [-0.39, 0.29) is 17.7 Å². The summed E-state index contributed by atoms with van der Waals surface area (Å²) in [5.41, 5.74) is 2.67. The topological polar surface area (TPSA) is 91.0 Å². The number of likely N-dealkylation sites (tertiary alicyclic amines) is 1. The molecule has 2 aromatic heterocycles. The predicted molar refractivity (Wildman–Crippen MR) is 100 cm³/mol. The minimum Gasteiger partial charge on any atom is -0.344 e. The molecule has 0 aromatic carbocycles. The van der Waals surface area contributed by atoms with Crippen molar-refractivity contribution in [2.24, 2.45) is 5.92 Å². The van der Waals surface area contributed by atoms with Gasteiger partial charge in [0.15, 0.2) is 5.65 Å². The maximum absolute atomic E-state index is 13.0. The molecule has 1 saturated heterocycles. The molecule has 3 aliphatic rings. The smallest absolute Gasteiger partial charge is 0.255 e. The number of aromatic amines is 1. The van der Waals surface area contributed by atoms with Gasteiger partial charge in [-0.1, -0.05) is 0 Å². The molecule has 2 saturated carbocycles. The number of piperidine rings is 1. The van der Waals surface area contributed by atoms with E-state index < -0.39 is 6.04 Å². The van der Waals surface area contributed by atoms with Gasteiger partial charge in [-0.2, -0.15) is 0 Å². The maximum atomic E-state index is 13.0. The molecule has 2 aliphatic carbocycles. The van der Waals surface area contributed by atoms with Crippen LogP contribution in [0.25, 0.3) is 11.2 Å². The molecule has 2 aromatic rings. The first-order valence-corrected chi connectivity index (χ1v) is 10.1. The molecule has 7 nitrogen and oxygen atoms in total. The van der Waals surface area contributed by atoms with E-state index in [4.69, 9.17) is 0 Å². The molecule has 0 bridgehead atoms. The molecule has 5 rings (SSSR count). The largest absolute Gasteiger partial charge is 0.344 e. The van der Waals surface area contributed by atoms with Crippen LogP contribution in [-0.4, -0.2) is 50.8 Å². The number of hydrogen-bond donors (Lipinski definition) is 2. The van der Waals surface area contributed by atoms with Crippen LogP contribution in [0.4, 0.5) is 0 Å². The Bertz CT molecular complexity index is 878. The first-order valence-electron chi connectivity index (χ1n) is 10.1. The van der Waals surface area contributed by atoms with Crippen molar-refractivity contribution in [3.05, 3.63) is 23.7 Å². The fourth-order valence-electron chi connectivity index (χ4n) is 3.99. The molecule has 1 aliphatic heterocycles. The van der Waals surface area contributed by atoms with Crippen molar-refractivity contribution < 1.29 is 9.59 Å². The van der Waals surface area contributed by atoms with Crippen LogP contribution in [-0.2, 0) is 4.79 Å². The molecule has 7 heteroatoms. The molecular weight excluding hydrogens is 342 g/mol. The highest BCUT2D eigenvalue weighted by molar-refractivity contribution is 6.06. The zero-order valence-corrected chi connectivity index (χ0v) is 15.4. The summed E-state index contributed by atoms with van der Waals surface area (Å²) < 4.78 is 0. The van der Waals surface area contributed by atoms with Gasteiger partial charge in [0.1, 0.15) is 11.6 Å². The van der Waals surface area contributed by atoms with E-state index in [1.54, 1.807) is 12.4 Å². The van der Waals surface area contributed by atoms with E-state index in [9.17, 15) is 9.59 Å². The summed E-state index contributed by atoms with van der Waals surface area (Å²) in [7, 11) is 0. The summed E-state index contributed by atoms with van der Waals surface area (Å²) in [6, 6.07) is -0.417. The summed E-state index contributed by atoms with van der Waals surface area (Å²) in [6.07, 6.45) is 11.0. The monoisotopic (exact) mass is 367 g/mol. The van der Waals surface area contributed by atoms with Crippen LogP contribution in [0.5, 0.6) is 0 Å². The first-order chi connectivity index (χ1) is 13.2. The third kappa shape index (κ3) is 3.31. The van der Waals surface area contributed by atoms with Crippen molar-refractivity contribution in [1.29, 1.82) is 0 Å². The molecule has 1 atom stereocenters. The van der Waals surface area contributed by atoms with Gasteiger partial charge in [-0.05, 0) is 50.9 Å². The van der Waals surface area contributed by atoms with Crippen LogP contribution in [0.2, 0.25) is 0 Å². The molecule has 2 amide bonds. The second kappa shape index (κ2) is 6.62. The molecule has 2 N–H and O–H groups in total. The Morgan fingerprint density at radius 2 is 1.93 bits per heavy atom. The molecule has 0 unspecified atom stereocenters. The third-order valence-electron chi connectivity index (χ3n) is 5.95. The summed E-state index contributed by atoms with van der Waals surface area (Å²) in [5.74, 6) is 0.593. The lowest BCUT2D eigenvalue weighted by molar-refractivity contribution is -0.134. The van der Waals surface area contributed by atoms with E-state index in [1.807, 2.05) is 4.90 Å². The molecule has 142 valence electrons. The van der Waals surface area contributed by atoms with E-state index in [0.29, 0.717) is 22.6 Å². The Kier molecular flexibility index (Phi) is 4.10. The average Bonchev–Trinajstić information content (AvgIpc) is 3.62. The SMILES string of the molecule is O=C(N[C@@H](C(=O)N1CCCCC1)C1CC1)c1c[nH]c2ncc(C3CC3)nc12. The van der Waals surface area contributed by atoms with Crippen LogP contribution < -0.4 is 5.32 Å². The highest BCUT2D eigenvalue weighted by Gasteiger charge is 2.40. The number of nitrogens with one attached hydrogen (secondary N) is 2. The van der Waals surface area contributed by atoms with Crippen molar-refractivity contribution in [3.63, 3.8) is 0 Å². The second-order valence-corrected chi connectivity index (χ2v) is 8.14. The lowest BCUT2D eigenvalue weighted by Crippen LogP contribution is -2.51. The summed E-state index contributed by atoms with van der Waals surface area (Å²) in [5, 5.41) is 3.02. The molecule has 27 heavy (non-hydrogen) atoms. The van der Waals surface area contributed by atoms with Gasteiger partial charge in [-0.15, -0.1) is 0 Å². The first kappa shape index (κ1) is 16.7. The predicted octanol–water partition coefficient (Wildman–Crippen LogP) is 2.36. The van der Waals surface area contributed by atoms with Crippen molar-refractivity contribution >= 4 is 23.0 Å². The number of H-pyrrole nitrogens is 1. The quantitative estimate of drug-likeness (QED) is 0.849. The Balaban J connectivity index is 1.37. The van der Waals surface area contributed by atoms with Crippen molar-refractivity contribution in [2.45, 2.75) is 56.9 Å². The van der Waals surface area contributed by atoms with E-state index in [2.05, 4.69) is 20.3 Å². The van der Waals surface area contributed by atoms with Gasteiger partial charge in [0.25, 0.3) is 5.91 Å². The third-order valence-corrected chi connectivity index (χ3v) is 5.95. The number of amides is 2. The van der Waals surface area contributed by atoms with Crippen molar-refractivity contribution in [2.75, 3.05) is 13.1 Å². The highest BCUT2D eigenvalue weighted by atomic mass is 16.2. The summed E-state index contributed by atoms with van der Waals surface area (Å²) in [4.78, 5) is 40.0. The zero-order valence-electron chi connectivity index (χ0n) is 15.4. The summed E-state index contributed by atoms with van der Waals surface area (Å²) in [6.45, 7) is 1.61.